The molecule has 7 aromatic rings. The van der Waals surface area contributed by atoms with Gasteiger partial charge in [-0.25, -0.2) is 0 Å². The van der Waals surface area contributed by atoms with Crippen LogP contribution in [0.15, 0.2) is 108 Å². The number of hydrogen-bond donors (Lipinski definition) is 0. The van der Waals surface area contributed by atoms with Gasteiger partial charge in [0.05, 0.1) is 16.8 Å². The zero-order chi connectivity index (χ0) is 43.9. The fraction of sp³-hybridized carbons (Fsp3) is 0.400. The zero-order valence-corrected chi connectivity index (χ0v) is 39.7. The molecule has 5 aliphatic rings. The summed E-state index contributed by atoms with van der Waals surface area (Å²) >= 11 is 0. The van der Waals surface area contributed by atoms with Crippen molar-refractivity contribution in [3.05, 3.63) is 131 Å². The summed E-state index contributed by atoms with van der Waals surface area (Å²) in [4.78, 5) is 5.70. The average molecular weight is 841 g/mol. The number of rotatable bonds is 8. The van der Waals surface area contributed by atoms with E-state index in [0.717, 1.165) is 24.0 Å². The molecule has 1 aromatic heterocycles. The third-order valence-electron chi connectivity index (χ3n) is 17.6. The quantitative estimate of drug-likeness (QED) is 0.142. The van der Waals surface area contributed by atoms with Crippen LogP contribution >= 0.6 is 0 Å². The third-order valence-corrected chi connectivity index (χ3v) is 17.6. The third kappa shape index (κ3) is 5.47. The minimum Gasteiger partial charge on any atom is -0.456 e. The Hall–Kier alpha value is -5.22. The molecule has 4 heteroatoms. The number of unbranched alkanes of at least 4 members (excludes halogenated alkanes) is 2. The van der Waals surface area contributed by atoms with Gasteiger partial charge in [0, 0.05) is 38.8 Å². The van der Waals surface area contributed by atoms with Crippen molar-refractivity contribution in [2.24, 2.45) is 0 Å². The average Bonchev–Trinajstić information content (AvgIpc) is 3.77. The number of aryl methyl sites for hydroxylation is 2. The summed E-state index contributed by atoms with van der Waals surface area (Å²) in [6, 6.07) is 40.9. The first-order valence-corrected chi connectivity index (χ1v) is 25.0. The highest BCUT2D eigenvalue weighted by Gasteiger charge is 2.63. The van der Waals surface area contributed by atoms with Gasteiger partial charge in [-0.2, -0.15) is 0 Å². The Bertz CT molecular complexity index is 3050. The van der Waals surface area contributed by atoms with Crippen LogP contribution in [0, 0.1) is 0 Å². The van der Waals surface area contributed by atoms with Gasteiger partial charge in [0.1, 0.15) is 11.2 Å². The van der Waals surface area contributed by atoms with Crippen LogP contribution in [-0.2, 0) is 29.1 Å². The van der Waals surface area contributed by atoms with Gasteiger partial charge in [0.25, 0.3) is 0 Å². The van der Waals surface area contributed by atoms with E-state index in [-0.39, 0.29) is 28.6 Å². The number of nitrogens with zero attached hydrogens (tertiary/aromatic N) is 2. The number of benzene rings is 6. The first-order chi connectivity index (χ1) is 30.9. The number of anilines is 4. The van der Waals surface area contributed by atoms with Crippen molar-refractivity contribution in [3.8, 4) is 22.3 Å². The lowest BCUT2D eigenvalue weighted by Crippen LogP contribution is -2.70. The smallest absolute Gasteiger partial charge is 0.328 e. The van der Waals surface area contributed by atoms with Crippen LogP contribution in [0.2, 0.25) is 0 Å². The Labute approximate surface area is 382 Å². The van der Waals surface area contributed by atoms with E-state index in [0.29, 0.717) is 0 Å². The van der Waals surface area contributed by atoms with E-state index >= 15 is 0 Å². The Morgan fingerprint density at radius 3 is 2.06 bits per heavy atom. The summed E-state index contributed by atoms with van der Waals surface area (Å²) in [7, 11) is 0. The van der Waals surface area contributed by atoms with E-state index in [2.05, 4.69) is 168 Å². The van der Waals surface area contributed by atoms with Gasteiger partial charge in [0.2, 0.25) is 0 Å². The maximum absolute atomic E-state index is 7.15. The minimum absolute atomic E-state index is 0.0428. The lowest BCUT2D eigenvalue weighted by molar-refractivity contribution is 0.199. The first-order valence-electron chi connectivity index (χ1n) is 25.0. The van der Waals surface area contributed by atoms with E-state index < -0.39 is 0 Å². The van der Waals surface area contributed by atoms with Crippen LogP contribution in [0.4, 0.5) is 22.7 Å². The van der Waals surface area contributed by atoms with E-state index in [1.807, 2.05) is 0 Å². The van der Waals surface area contributed by atoms with Crippen molar-refractivity contribution in [2.45, 2.75) is 154 Å². The number of furan rings is 1. The molecule has 12 rings (SSSR count). The van der Waals surface area contributed by atoms with Crippen molar-refractivity contribution in [1.29, 1.82) is 0 Å². The van der Waals surface area contributed by atoms with Crippen LogP contribution in [0.25, 0.3) is 44.2 Å². The molecule has 0 N–H and O–H groups in total. The summed E-state index contributed by atoms with van der Waals surface area (Å²) in [5.74, 6) is 0. The summed E-state index contributed by atoms with van der Waals surface area (Å²) in [5, 5.41) is 2.49. The predicted octanol–water partition coefficient (Wildman–Crippen LogP) is 15.3. The lowest BCUT2D eigenvalue weighted by Gasteiger charge is -2.55. The maximum atomic E-state index is 7.15. The first kappa shape index (κ1) is 40.3. The lowest BCUT2D eigenvalue weighted by atomic mass is 9.42. The van der Waals surface area contributed by atoms with Crippen molar-refractivity contribution in [3.63, 3.8) is 0 Å². The highest BCUT2D eigenvalue weighted by Crippen LogP contribution is 2.63. The highest BCUT2D eigenvalue weighted by molar-refractivity contribution is 6.93. The summed E-state index contributed by atoms with van der Waals surface area (Å²) in [6.07, 6.45) is 14.3. The molecule has 2 unspecified atom stereocenters. The second-order valence-electron chi connectivity index (χ2n) is 22.3. The molecule has 0 spiro atoms. The molecule has 1 fully saturated rings. The van der Waals surface area contributed by atoms with Crippen LogP contribution in [0.1, 0.15) is 147 Å². The SMILES string of the molecule is CCCCc1ccc(N2c3cccc4c3B(c3ccc5oc6cc7c(cc6c5c32)C(C)(C)CCC7(C)C)N2c3c-4cc(CCCC)cc3C3(C)CCCCC23C)c(-c2ccccc2)c1. The van der Waals surface area contributed by atoms with Crippen LogP contribution < -0.4 is 20.6 Å². The van der Waals surface area contributed by atoms with Crippen molar-refractivity contribution < 1.29 is 4.42 Å². The molecule has 0 radical (unpaired) electrons. The molecule has 3 aliphatic heterocycles. The van der Waals surface area contributed by atoms with Crippen LogP contribution in [-0.4, -0.2) is 12.4 Å². The standard InChI is InChI=1S/C60H65BN2O/c1-9-11-19-38-25-27-49(42(33-38)40-21-14-13-15-22-40)62-50-24-18-23-41-43-34-39(20-12-10-2)35-47-55(43)63(60(8)30-17-16-29-59(47,60)7)61(54(41)50)48-26-28-51-53(56(48)62)44-36-45-46(37-52(44)64-51)58(5,6)32-31-57(45,3)4/h13-15,18,21-28,33-37H,9-12,16-17,19-20,29-32H2,1-8H3. The van der Waals surface area contributed by atoms with Crippen LogP contribution in [0.5, 0.6) is 0 Å². The Kier molecular flexibility index (Phi) is 8.91. The van der Waals surface area contributed by atoms with Gasteiger partial charge < -0.3 is 14.1 Å². The molecule has 324 valence electrons. The summed E-state index contributed by atoms with van der Waals surface area (Å²) < 4.78 is 7.15. The maximum Gasteiger partial charge on any atom is 0.328 e. The normalized spacial score (nSPS) is 22.0. The van der Waals surface area contributed by atoms with E-state index in [1.54, 1.807) is 5.56 Å². The van der Waals surface area contributed by atoms with E-state index in [9.17, 15) is 0 Å². The molecule has 64 heavy (non-hydrogen) atoms. The van der Waals surface area contributed by atoms with Crippen molar-refractivity contribution in [1.82, 2.24) is 0 Å². The molecule has 4 heterocycles. The molecule has 2 aliphatic carbocycles. The summed E-state index contributed by atoms with van der Waals surface area (Å²) in [6.45, 7) is 19.8. The monoisotopic (exact) mass is 841 g/mol. The fourth-order valence-corrected chi connectivity index (χ4v) is 13.7. The molecule has 0 amide bonds. The largest absolute Gasteiger partial charge is 0.456 e. The van der Waals surface area contributed by atoms with Crippen LogP contribution in [0.3, 0.4) is 0 Å². The molecule has 6 aromatic carbocycles. The Morgan fingerprint density at radius 1 is 0.578 bits per heavy atom. The van der Waals surface area contributed by atoms with Gasteiger partial charge >= 0.3 is 6.85 Å². The van der Waals surface area contributed by atoms with Gasteiger partial charge in [-0.15, -0.1) is 0 Å². The summed E-state index contributed by atoms with van der Waals surface area (Å²) in [5.41, 5.74) is 23.2. The second kappa shape index (κ2) is 14.1. The zero-order valence-electron chi connectivity index (χ0n) is 39.7. The molecule has 1 saturated carbocycles. The second-order valence-corrected chi connectivity index (χ2v) is 22.3. The fourth-order valence-electron chi connectivity index (χ4n) is 13.7. The van der Waals surface area contributed by atoms with Gasteiger partial charge in [-0.1, -0.05) is 135 Å². The predicted molar refractivity (Wildman–Crippen MR) is 274 cm³/mol. The van der Waals surface area contributed by atoms with E-state index in [1.165, 1.54) is 153 Å². The van der Waals surface area contributed by atoms with E-state index in [4.69, 9.17) is 4.42 Å². The Balaban J connectivity index is 1.21. The van der Waals surface area contributed by atoms with Gasteiger partial charge in [-0.3, -0.25) is 0 Å². The number of fused-ring (bicyclic) bond motifs is 12. The molecular weight excluding hydrogens is 775 g/mol. The minimum atomic E-state index is -0.0428. The molecule has 3 nitrogen and oxygen atoms in total. The molecular formula is C60H65BN2O. The van der Waals surface area contributed by atoms with Crippen molar-refractivity contribution in [2.75, 3.05) is 9.71 Å². The topological polar surface area (TPSA) is 19.6 Å². The molecule has 0 saturated heterocycles. The van der Waals surface area contributed by atoms with Gasteiger partial charge in [-0.05, 0) is 161 Å². The molecule has 2 atom stereocenters. The Morgan fingerprint density at radius 2 is 1.30 bits per heavy atom. The van der Waals surface area contributed by atoms with Gasteiger partial charge in [0.15, 0.2) is 0 Å². The van der Waals surface area contributed by atoms with Crippen molar-refractivity contribution >= 4 is 62.5 Å². The highest BCUT2D eigenvalue weighted by atomic mass is 16.3. The number of hydrogen-bond acceptors (Lipinski definition) is 3. The molecule has 0 bridgehead atoms.